The number of hydrogen-bond donors (Lipinski definition) is 1. The maximum Gasteiger partial charge on any atom is 0.242 e. The molecule has 0 spiro atoms. The van der Waals surface area contributed by atoms with Gasteiger partial charge in [-0.15, -0.1) is 0 Å². The lowest BCUT2D eigenvalue weighted by atomic mass is 10.2. The van der Waals surface area contributed by atoms with E-state index in [4.69, 9.17) is 4.42 Å². The molecule has 8 heteroatoms. The molecule has 1 N–H and O–H groups in total. The Labute approximate surface area is 164 Å². The molecule has 0 fully saturated rings. The predicted octanol–water partition coefficient (Wildman–Crippen LogP) is 3.16. The number of rotatable bonds is 7. The highest BCUT2D eigenvalue weighted by molar-refractivity contribution is 7.89. The number of aromatic nitrogens is 1. The van der Waals surface area contributed by atoms with Crippen LogP contribution in [0.15, 0.2) is 70.1 Å². The minimum atomic E-state index is -3.49. The third-order valence-electron chi connectivity index (χ3n) is 4.09. The van der Waals surface area contributed by atoms with E-state index in [-0.39, 0.29) is 17.2 Å². The summed E-state index contributed by atoms with van der Waals surface area (Å²) in [5.41, 5.74) is 1.46. The maximum atomic E-state index is 12.1. The topological polar surface area (TPSA) is 92.5 Å². The number of carbonyl (C=O) groups excluding carboxylic acids is 1. The lowest BCUT2D eigenvalue weighted by molar-refractivity contribution is -0.116. The van der Waals surface area contributed by atoms with E-state index >= 15 is 0 Å². The van der Waals surface area contributed by atoms with Gasteiger partial charge >= 0.3 is 0 Å². The van der Waals surface area contributed by atoms with Crippen molar-refractivity contribution in [3.05, 3.63) is 66.7 Å². The second-order valence-corrected chi connectivity index (χ2v) is 8.50. The van der Waals surface area contributed by atoms with Crippen LogP contribution in [0.3, 0.4) is 0 Å². The molecule has 146 valence electrons. The fourth-order valence-electron chi connectivity index (χ4n) is 2.53. The first-order valence-electron chi connectivity index (χ1n) is 8.69. The van der Waals surface area contributed by atoms with Crippen LogP contribution in [0.25, 0.3) is 11.3 Å². The van der Waals surface area contributed by atoms with Crippen LogP contribution < -0.4 is 5.32 Å². The average Bonchev–Trinajstić information content (AvgIpc) is 3.16. The Morgan fingerprint density at radius 3 is 2.39 bits per heavy atom. The zero-order chi connectivity index (χ0) is 20.1. The fourth-order valence-corrected chi connectivity index (χ4v) is 3.43. The molecule has 0 aliphatic heterocycles. The molecule has 3 aromatic rings. The summed E-state index contributed by atoms with van der Waals surface area (Å²) >= 11 is 0. The number of nitrogens with zero attached hydrogens (tertiary/aromatic N) is 2. The van der Waals surface area contributed by atoms with E-state index in [1.807, 2.05) is 30.3 Å². The van der Waals surface area contributed by atoms with E-state index in [0.29, 0.717) is 23.8 Å². The van der Waals surface area contributed by atoms with Crippen molar-refractivity contribution in [2.24, 2.45) is 0 Å². The summed E-state index contributed by atoms with van der Waals surface area (Å²) in [6.07, 6.45) is 2.21. The summed E-state index contributed by atoms with van der Waals surface area (Å²) in [6, 6.07) is 15.7. The molecule has 7 nitrogen and oxygen atoms in total. The number of carbonyl (C=O) groups is 1. The van der Waals surface area contributed by atoms with Crippen molar-refractivity contribution in [3.63, 3.8) is 0 Å². The number of amides is 1. The van der Waals surface area contributed by atoms with Crippen molar-refractivity contribution in [3.8, 4) is 11.3 Å². The third-order valence-corrected chi connectivity index (χ3v) is 5.92. The molecule has 0 aliphatic carbocycles. The summed E-state index contributed by atoms with van der Waals surface area (Å²) < 4.78 is 30.9. The first kappa shape index (κ1) is 19.8. The van der Waals surface area contributed by atoms with Crippen LogP contribution in [0.4, 0.5) is 5.69 Å². The van der Waals surface area contributed by atoms with Gasteiger partial charge in [0.15, 0.2) is 11.7 Å². The number of hydrogen-bond acceptors (Lipinski definition) is 5. The maximum absolute atomic E-state index is 12.1. The first-order chi connectivity index (χ1) is 13.4. The molecule has 1 amide bonds. The van der Waals surface area contributed by atoms with Gasteiger partial charge in [0.25, 0.3) is 0 Å². The Hall–Kier alpha value is -2.97. The molecule has 28 heavy (non-hydrogen) atoms. The lowest BCUT2D eigenvalue weighted by Crippen LogP contribution is -2.22. The molecule has 0 unspecified atom stereocenters. The second-order valence-electron chi connectivity index (χ2n) is 6.34. The Morgan fingerprint density at radius 1 is 1.07 bits per heavy atom. The van der Waals surface area contributed by atoms with Crippen molar-refractivity contribution >= 4 is 21.6 Å². The molecule has 1 aromatic heterocycles. The van der Waals surface area contributed by atoms with E-state index in [1.165, 1.54) is 26.2 Å². The molecule has 0 saturated carbocycles. The highest BCUT2D eigenvalue weighted by atomic mass is 32.2. The van der Waals surface area contributed by atoms with Crippen molar-refractivity contribution in [2.75, 3.05) is 19.4 Å². The zero-order valence-electron chi connectivity index (χ0n) is 15.6. The van der Waals surface area contributed by atoms with E-state index in [0.717, 1.165) is 9.87 Å². The molecule has 2 aromatic carbocycles. The number of benzene rings is 2. The molecular weight excluding hydrogens is 378 g/mol. The zero-order valence-corrected chi connectivity index (χ0v) is 16.4. The Kier molecular flexibility index (Phi) is 5.91. The third kappa shape index (κ3) is 4.65. The number of aryl methyl sites for hydroxylation is 1. The number of sulfonamides is 1. The van der Waals surface area contributed by atoms with Gasteiger partial charge in [0.1, 0.15) is 0 Å². The van der Waals surface area contributed by atoms with Crippen LogP contribution in [0.1, 0.15) is 12.3 Å². The molecule has 3 rings (SSSR count). The van der Waals surface area contributed by atoms with Crippen LogP contribution in [0.2, 0.25) is 0 Å². The lowest BCUT2D eigenvalue weighted by Gasteiger charge is -2.12. The minimum absolute atomic E-state index is 0.170. The van der Waals surface area contributed by atoms with E-state index in [9.17, 15) is 13.2 Å². The van der Waals surface area contributed by atoms with Gasteiger partial charge in [0.05, 0.1) is 11.1 Å². The highest BCUT2D eigenvalue weighted by Gasteiger charge is 2.17. The smallest absolute Gasteiger partial charge is 0.242 e. The van der Waals surface area contributed by atoms with Crippen molar-refractivity contribution in [1.82, 2.24) is 9.29 Å². The normalized spacial score (nSPS) is 11.5. The quantitative estimate of drug-likeness (QED) is 0.659. The van der Waals surface area contributed by atoms with Gasteiger partial charge < -0.3 is 9.73 Å². The van der Waals surface area contributed by atoms with E-state index < -0.39 is 10.0 Å². The van der Waals surface area contributed by atoms with Crippen LogP contribution in [0, 0.1) is 0 Å². The van der Waals surface area contributed by atoms with Crippen LogP contribution in [0.5, 0.6) is 0 Å². The number of nitrogens with one attached hydrogen (secondary N) is 1. The number of anilines is 1. The van der Waals surface area contributed by atoms with Crippen LogP contribution in [-0.2, 0) is 21.2 Å². The van der Waals surface area contributed by atoms with E-state index in [1.54, 1.807) is 18.3 Å². The van der Waals surface area contributed by atoms with Gasteiger partial charge in [0.2, 0.25) is 15.9 Å². The summed E-state index contributed by atoms with van der Waals surface area (Å²) in [5, 5.41) is 2.74. The predicted molar refractivity (Wildman–Crippen MR) is 106 cm³/mol. The van der Waals surface area contributed by atoms with Crippen LogP contribution >= 0.6 is 0 Å². The summed E-state index contributed by atoms with van der Waals surface area (Å²) in [7, 11) is -0.551. The average molecular weight is 399 g/mol. The number of oxazole rings is 1. The fraction of sp³-hybridized carbons (Fsp3) is 0.200. The van der Waals surface area contributed by atoms with Crippen molar-refractivity contribution in [1.29, 1.82) is 0 Å². The van der Waals surface area contributed by atoms with Gasteiger partial charge in [-0.1, -0.05) is 30.3 Å². The standard InChI is InChI=1S/C20H21N3O4S/c1-23(2)28(25,26)17-10-8-16(9-11-17)22-19(24)12-13-20-21-14-18(27-20)15-6-4-3-5-7-15/h3-11,14H,12-13H2,1-2H3,(H,22,24). The molecule has 0 aliphatic rings. The largest absolute Gasteiger partial charge is 0.441 e. The highest BCUT2D eigenvalue weighted by Crippen LogP contribution is 2.21. The van der Waals surface area contributed by atoms with Gasteiger partial charge in [-0.2, -0.15) is 0 Å². The second kappa shape index (κ2) is 8.37. The van der Waals surface area contributed by atoms with E-state index in [2.05, 4.69) is 10.3 Å². The molecule has 0 radical (unpaired) electrons. The van der Waals surface area contributed by atoms with Gasteiger partial charge in [-0.25, -0.2) is 17.7 Å². The molecule has 0 atom stereocenters. The Morgan fingerprint density at radius 2 is 1.75 bits per heavy atom. The summed E-state index contributed by atoms with van der Waals surface area (Å²) in [4.78, 5) is 16.5. The monoisotopic (exact) mass is 399 g/mol. The summed E-state index contributed by atoms with van der Waals surface area (Å²) in [5.74, 6) is 0.942. The molecule has 1 heterocycles. The van der Waals surface area contributed by atoms with Crippen LogP contribution in [-0.4, -0.2) is 37.7 Å². The SMILES string of the molecule is CN(C)S(=O)(=O)c1ccc(NC(=O)CCc2ncc(-c3ccccc3)o2)cc1. The first-order valence-corrected chi connectivity index (χ1v) is 10.1. The molecular formula is C20H21N3O4S. The van der Waals surface area contributed by atoms with Gasteiger partial charge in [-0.05, 0) is 24.3 Å². The van der Waals surface area contributed by atoms with Crippen molar-refractivity contribution in [2.45, 2.75) is 17.7 Å². The Bertz CT molecular complexity index is 1040. The van der Waals surface area contributed by atoms with Gasteiger partial charge in [-0.3, -0.25) is 4.79 Å². The van der Waals surface area contributed by atoms with Gasteiger partial charge in [0, 0.05) is 38.2 Å². The molecule has 0 bridgehead atoms. The Balaban J connectivity index is 1.56. The minimum Gasteiger partial charge on any atom is -0.441 e. The van der Waals surface area contributed by atoms with Crippen molar-refractivity contribution < 1.29 is 17.6 Å². The summed E-state index contributed by atoms with van der Waals surface area (Å²) in [6.45, 7) is 0. The molecule has 0 saturated heterocycles.